The van der Waals surface area contributed by atoms with Gasteiger partial charge in [-0.25, -0.2) is 0 Å². The van der Waals surface area contributed by atoms with Crippen LogP contribution in [0.1, 0.15) is 21.9 Å². The van der Waals surface area contributed by atoms with E-state index in [4.69, 9.17) is 4.74 Å². The predicted molar refractivity (Wildman–Crippen MR) is 94.1 cm³/mol. The van der Waals surface area contributed by atoms with E-state index in [-0.39, 0.29) is 11.7 Å². The van der Waals surface area contributed by atoms with E-state index < -0.39 is 0 Å². The summed E-state index contributed by atoms with van der Waals surface area (Å²) in [6.07, 6.45) is 0. The molecule has 3 heteroatoms. The summed E-state index contributed by atoms with van der Waals surface area (Å²) >= 11 is 1.61. The first-order chi connectivity index (χ1) is 11.3. The van der Waals surface area contributed by atoms with Crippen molar-refractivity contribution in [1.29, 1.82) is 0 Å². The van der Waals surface area contributed by atoms with Gasteiger partial charge >= 0.3 is 0 Å². The monoisotopic (exact) mass is 320 g/mol. The highest BCUT2D eigenvalue weighted by atomic mass is 32.1. The Morgan fingerprint density at radius 3 is 2.43 bits per heavy atom. The number of phenolic OH excluding ortho intramolecular Hbond substituents is 1. The van der Waals surface area contributed by atoms with Crippen LogP contribution in [0.25, 0.3) is 0 Å². The van der Waals surface area contributed by atoms with Crippen molar-refractivity contribution in [3.8, 4) is 23.3 Å². The zero-order chi connectivity index (χ0) is 16.1. The summed E-state index contributed by atoms with van der Waals surface area (Å²) in [5, 5.41) is 12.2. The Balaban J connectivity index is 2.04. The fourth-order valence-electron chi connectivity index (χ4n) is 2.36. The SMILES string of the molecule is COc1ccc([C@@H](C#Cc2cccs2)c2ccccc2O)cc1. The molecule has 0 radical (unpaired) electrons. The van der Waals surface area contributed by atoms with Gasteiger partial charge in [-0.3, -0.25) is 0 Å². The van der Waals surface area contributed by atoms with Crippen molar-refractivity contribution < 1.29 is 9.84 Å². The normalized spacial score (nSPS) is 11.3. The molecule has 0 aliphatic carbocycles. The Bertz CT molecular complexity index is 824. The first-order valence-corrected chi connectivity index (χ1v) is 8.13. The summed E-state index contributed by atoms with van der Waals surface area (Å²) < 4.78 is 5.21. The van der Waals surface area contributed by atoms with Crippen molar-refractivity contribution in [2.24, 2.45) is 0 Å². The minimum atomic E-state index is -0.191. The number of benzene rings is 2. The molecule has 0 saturated carbocycles. The zero-order valence-corrected chi connectivity index (χ0v) is 13.5. The molecule has 0 aliphatic heterocycles. The van der Waals surface area contributed by atoms with Crippen LogP contribution >= 0.6 is 11.3 Å². The first kappa shape index (κ1) is 15.2. The smallest absolute Gasteiger partial charge is 0.120 e. The number of rotatable bonds is 3. The molecular weight excluding hydrogens is 304 g/mol. The van der Waals surface area contributed by atoms with Crippen LogP contribution in [0.4, 0.5) is 0 Å². The Kier molecular flexibility index (Phi) is 4.65. The first-order valence-electron chi connectivity index (χ1n) is 7.25. The largest absolute Gasteiger partial charge is 0.508 e. The summed E-state index contributed by atoms with van der Waals surface area (Å²) in [5.74, 6) is 7.37. The van der Waals surface area contributed by atoms with E-state index in [0.717, 1.165) is 21.8 Å². The maximum absolute atomic E-state index is 10.2. The van der Waals surface area contributed by atoms with Crippen molar-refractivity contribution in [1.82, 2.24) is 0 Å². The van der Waals surface area contributed by atoms with Crippen LogP contribution < -0.4 is 4.74 Å². The molecule has 2 aromatic carbocycles. The Morgan fingerprint density at radius 2 is 1.78 bits per heavy atom. The minimum absolute atomic E-state index is 0.191. The molecule has 1 atom stereocenters. The summed E-state index contributed by atoms with van der Waals surface area (Å²) in [4.78, 5) is 1.01. The highest BCUT2D eigenvalue weighted by Crippen LogP contribution is 2.31. The molecule has 114 valence electrons. The van der Waals surface area contributed by atoms with Crippen LogP contribution in [0, 0.1) is 11.8 Å². The van der Waals surface area contributed by atoms with E-state index in [2.05, 4.69) is 11.8 Å². The summed E-state index contributed by atoms with van der Waals surface area (Å²) in [7, 11) is 1.64. The second-order valence-electron chi connectivity index (χ2n) is 5.01. The number of hydrogen-bond donors (Lipinski definition) is 1. The lowest BCUT2D eigenvalue weighted by Crippen LogP contribution is -1.99. The van der Waals surface area contributed by atoms with E-state index in [1.165, 1.54) is 0 Å². The Hall–Kier alpha value is -2.70. The molecule has 0 bridgehead atoms. The maximum Gasteiger partial charge on any atom is 0.120 e. The molecule has 1 N–H and O–H groups in total. The van der Waals surface area contributed by atoms with Gasteiger partial charge in [0.2, 0.25) is 0 Å². The number of aromatic hydroxyl groups is 1. The summed E-state index contributed by atoms with van der Waals surface area (Å²) in [5.41, 5.74) is 1.83. The molecule has 1 heterocycles. The molecule has 3 rings (SSSR count). The molecule has 0 fully saturated rings. The van der Waals surface area contributed by atoms with Crippen molar-refractivity contribution >= 4 is 11.3 Å². The van der Waals surface area contributed by atoms with Crippen molar-refractivity contribution in [2.75, 3.05) is 7.11 Å². The second-order valence-corrected chi connectivity index (χ2v) is 5.96. The van der Waals surface area contributed by atoms with Crippen LogP contribution in [0.15, 0.2) is 66.0 Å². The molecular formula is C20H16O2S. The molecule has 0 amide bonds. The van der Waals surface area contributed by atoms with Crippen LogP contribution in [0.2, 0.25) is 0 Å². The van der Waals surface area contributed by atoms with Gasteiger partial charge in [0.25, 0.3) is 0 Å². The molecule has 0 spiro atoms. The number of ether oxygens (including phenoxy) is 1. The lowest BCUT2D eigenvalue weighted by atomic mass is 9.91. The van der Waals surface area contributed by atoms with E-state index in [0.29, 0.717) is 0 Å². The average molecular weight is 320 g/mol. The fraction of sp³-hybridized carbons (Fsp3) is 0.100. The highest BCUT2D eigenvalue weighted by molar-refractivity contribution is 7.10. The number of thiophene rings is 1. The van der Waals surface area contributed by atoms with Crippen LogP contribution in [0.5, 0.6) is 11.5 Å². The molecule has 3 aromatic rings. The van der Waals surface area contributed by atoms with Gasteiger partial charge in [0.15, 0.2) is 0 Å². The fourth-order valence-corrected chi connectivity index (χ4v) is 2.94. The van der Waals surface area contributed by atoms with Crippen molar-refractivity contribution in [2.45, 2.75) is 5.92 Å². The van der Waals surface area contributed by atoms with Crippen molar-refractivity contribution in [3.05, 3.63) is 82.0 Å². The van der Waals surface area contributed by atoms with E-state index >= 15 is 0 Å². The number of para-hydroxylation sites is 1. The molecule has 1 aromatic heterocycles. The lowest BCUT2D eigenvalue weighted by Gasteiger charge is -2.14. The molecule has 0 aliphatic rings. The maximum atomic E-state index is 10.2. The average Bonchev–Trinajstić information content (AvgIpc) is 3.10. The van der Waals surface area contributed by atoms with Crippen LogP contribution in [-0.2, 0) is 0 Å². The minimum Gasteiger partial charge on any atom is -0.508 e. The van der Waals surface area contributed by atoms with Crippen molar-refractivity contribution in [3.63, 3.8) is 0 Å². The van der Waals surface area contributed by atoms with Gasteiger partial charge in [0, 0.05) is 5.56 Å². The third-order valence-electron chi connectivity index (χ3n) is 3.56. The zero-order valence-electron chi connectivity index (χ0n) is 12.7. The van der Waals surface area contributed by atoms with Gasteiger partial charge in [-0.05, 0) is 35.2 Å². The van der Waals surface area contributed by atoms with Gasteiger partial charge in [-0.2, -0.15) is 0 Å². The molecule has 0 unspecified atom stereocenters. The topological polar surface area (TPSA) is 29.5 Å². The van der Waals surface area contributed by atoms with E-state index in [9.17, 15) is 5.11 Å². The number of hydrogen-bond acceptors (Lipinski definition) is 3. The standard InChI is InChI=1S/C20H16O2S/c1-22-16-10-8-15(9-11-16)18(13-12-17-5-4-14-23-17)19-6-2-3-7-20(19)21/h2-11,14,18,21H,1H3/t18-/m1/s1. The number of methoxy groups -OCH3 is 1. The second kappa shape index (κ2) is 7.04. The highest BCUT2D eigenvalue weighted by Gasteiger charge is 2.15. The Morgan fingerprint density at radius 1 is 1.00 bits per heavy atom. The van der Waals surface area contributed by atoms with Crippen LogP contribution in [-0.4, -0.2) is 12.2 Å². The lowest BCUT2D eigenvalue weighted by molar-refractivity contribution is 0.414. The van der Waals surface area contributed by atoms with Gasteiger partial charge in [-0.15, -0.1) is 11.3 Å². The molecule has 2 nitrogen and oxygen atoms in total. The van der Waals surface area contributed by atoms with Gasteiger partial charge in [0.05, 0.1) is 17.9 Å². The predicted octanol–water partition coefficient (Wildman–Crippen LogP) is 4.65. The van der Waals surface area contributed by atoms with E-state index in [1.807, 2.05) is 60.0 Å². The summed E-state index contributed by atoms with van der Waals surface area (Å²) in [6, 6.07) is 19.1. The van der Waals surface area contributed by atoms with Gasteiger partial charge in [0.1, 0.15) is 11.5 Å². The molecule has 0 saturated heterocycles. The Labute approximate surface area is 140 Å². The van der Waals surface area contributed by atoms with Gasteiger partial charge < -0.3 is 9.84 Å². The van der Waals surface area contributed by atoms with Gasteiger partial charge in [-0.1, -0.05) is 48.2 Å². The summed E-state index contributed by atoms with van der Waals surface area (Å²) in [6.45, 7) is 0. The third-order valence-corrected chi connectivity index (χ3v) is 4.34. The molecule has 23 heavy (non-hydrogen) atoms. The quantitative estimate of drug-likeness (QED) is 0.712. The van der Waals surface area contributed by atoms with E-state index in [1.54, 1.807) is 24.5 Å². The van der Waals surface area contributed by atoms with Crippen LogP contribution in [0.3, 0.4) is 0 Å². The number of phenols is 1. The third kappa shape index (κ3) is 3.56.